The van der Waals surface area contributed by atoms with Crippen LogP contribution in [0.5, 0.6) is 0 Å². The van der Waals surface area contributed by atoms with Crippen molar-refractivity contribution in [2.24, 2.45) is 0 Å². The normalized spacial score (nSPS) is 11.7. The van der Waals surface area contributed by atoms with Gasteiger partial charge in [-0.25, -0.2) is 8.42 Å². The van der Waals surface area contributed by atoms with Crippen molar-refractivity contribution in [2.45, 2.75) is 25.3 Å². The van der Waals surface area contributed by atoms with Crippen molar-refractivity contribution in [3.05, 3.63) is 47.3 Å². The lowest BCUT2D eigenvalue weighted by Crippen LogP contribution is -2.36. The summed E-state index contributed by atoms with van der Waals surface area (Å²) in [6.45, 7) is 2.95. The van der Waals surface area contributed by atoms with Gasteiger partial charge in [-0.15, -0.1) is 0 Å². The molecule has 0 aliphatic carbocycles. The summed E-state index contributed by atoms with van der Waals surface area (Å²) in [4.78, 5) is 11.7. The first kappa shape index (κ1) is 17.2. The SMILES string of the molecule is COC(=O)CN(Cc1ccccc1)S(=O)(=O)c1c(C)n[nH]c1C. The molecule has 7 nitrogen and oxygen atoms in total. The van der Waals surface area contributed by atoms with Crippen molar-refractivity contribution in [2.75, 3.05) is 13.7 Å². The lowest BCUT2D eigenvalue weighted by atomic mass is 10.2. The summed E-state index contributed by atoms with van der Waals surface area (Å²) in [5.41, 5.74) is 1.58. The standard InChI is InChI=1S/C15H19N3O4S/c1-11-15(12(2)17-16-11)23(20,21)18(10-14(19)22-3)9-13-7-5-4-6-8-13/h4-8H,9-10H2,1-3H3,(H,16,17). The van der Waals surface area contributed by atoms with Gasteiger partial charge < -0.3 is 4.74 Å². The van der Waals surface area contributed by atoms with E-state index in [1.54, 1.807) is 26.0 Å². The molecule has 0 spiro atoms. The topological polar surface area (TPSA) is 92.4 Å². The zero-order chi connectivity index (χ0) is 17.0. The number of benzene rings is 1. The van der Waals surface area contributed by atoms with Crippen LogP contribution < -0.4 is 0 Å². The number of nitrogens with one attached hydrogen (secondary N) is 1. The van der Waals surface area contributed by atoms with Gasteiger partial charge in [0.1, 0.15) is 11.4 Å². The van der Waals surface area contributed by atoms with E-state index in [0.717, 1.165) is 9.87 Å². The molecule has 0 bridgehead atoms. The minimum absolute atomic E-state index is 0.0718. The second-order valence-corrected chi connectivity index (χ2v) is 6.97. The third-order valence-corrected chi connectivity index (χ3v) is 5.45. The molecule has 0 amide bonds. The molecule has 2 rings (SSSR count). The van der Waals surface area contributed by atoms with Gasteiger partial charge in [0.25, 0.3) is 0 Å². The van der Waals surface area contributed by atoms with E-state index < -0.39 is 16.0 Å². The van der Waals surface area contributed by atoms with Gasteiger partial charge in [0.15, 0.2) is 0 Å². The zero-order valence-electron chi connectivity index (χ0n) is 13.2. The van der Waals surface area contributed by atoms with Crippen LogP contribution in [0.4, 0.5) is 0 Å². The molecule has 1 heterocycles. The predicted molar refractivity (Wildman–Crippen MR) is 84.1 cm³/mol. The summed E-state index contributed by atoms with van der Waals surface area (Å²) < 4.78 is 31.6. The van der Waals surface area contributed by atoms with E-state index in [1.807, 2.05) is 18.2 Å². The third kappa shape index (κ3) is 3.77. The fraction of sp³-hybridized carbons (Fsp3) is 0.333. The average Bonchev–Trinajstić information content (AvgIpc) is 2.87. The summed E-state index contributed by atoms with van der Waals surface area (Å²) in [6.07, 6.45) is 0. The van der Waals surface area contributed by atoms with Crippen molar-refractivity contribution in [3.8, 4) is 0 Å². The summed E-state index contributed by atoms with van der Waals surface area (Å²) in [6, 6.07) is 9.07. The first-order chi connectivity index (χ1) is 10.9. The molecule has 1 aromatic heterocycles. The number of H-pyrrole nitrogens is 1. The number of carbonyl (C=O) groups is 1. The maximum absolute atomic E-state index is 12.9. The highest BCUT2D eigenvalue weighted by Gasteiger charge is 2.31. The Balaban J connectivity index is 2.42. The first-order valence-electron chi connectivity index (χ1n) is 6.98. The number of ether oxygens (including phenoxy) is 1. The minimum atomic E-state index is -3.88. The van der Waals surface area contributed by atoms with E-state index in [4.69, 9.17) is 0 Å². The summed E-state index contributed by atoms with van der Waals surface area (Å²) in [7, 11) is -2.66. The van der Waals surface area contributed by atoms with E-state index >= 15 is 0 Å². The Morgan fingerprint density at radius 3 is 2.43 bits per heavy atom. The van der Waals surface area contributed by atoms with Gasteiger partial charge >= 0.3 is 5.97 Å². The summed E-state index contributed by atoms with van der Waals surface area (Å²) in [5, 5.41) is 6.58. The molecule has 0 saturated heterocycles. The van der Waals surface area contributed by atoms with Crippen LogP contribution in [0.25, 0.3) is 0 Å². The van der Waals surface area contributed by atoms with E-state index in [9.17, 15) is 13.2 Å². The fourth-order valence-corrected chi connectivity index (χ4v) is 3.98. The van der Waals surface area contributed by atoms with Crippen molar-refractivity contribution in [1.29, 1.82) is 0 Å². The van der Waals surface area contributed by atoms with Gasteiger partial charge in [0.05, 0.1) is 18.5 Å². The third-order valence-electron chi connectivity index (χ3n) is 3.39. The number of hydrogen-bond acceptors (Lipinski definition) is 5. The van der Waals surface area contributed by atoms with Crippen molar-refractivity contribution in [3.63, 3.8) is 0 Å². The van der Waals surface area contributed by atoms with E-state index in [2.05, 4.69) is 14.9 Å². The summed E-state index contributed by atoms with van der Waals surface area (Å²) >= 11 is 0. The molecule has 2 aromatic rings. The molecule has 0 aliphatic rings. The predicted octanol–water partition coefficient (Wildman–Crippen LogP) is 1.39. The number of aryl methyl sites for hydroxylation is 2. The molecular weight excluding hydrogens is 318 g/mol. The Labute approximate surface area is 135 Å². The van der Waals surface area contributed by atoms with Gasteiger partial charge in [0, 0.05) is 6.54 Å². The lowest BCUT2D eigenvalue weighted by Gasteiger charge is -2.21. The highest BCUT2D eigenvalue weighted by molar-refractivity contribution is 7.89. The number of rotatable bonds is 6. The van der Waals surface area contributed by atoms with Crippen molar-refractivity contribution in [1.82, 2.24) is 14.5 Å². The second-order valence-electron chi connectivity index (χ2n) is 5.10. The molecule has 1 aromatic carbocycles. The molecule has 0 radical (unpaired) electrons. The number of hydrogen-bond donors (Lipinski definition) is 1. The molecule has 0 fully saturated rings. The zero-order valence-corrected chi connectivity index (χ0v) is 14.1. The Hall–Kier alpha value is -2.19. The van der Waals surface area contributed by atoms with E-state index in [-0.39, 0.29) is 18.0 Å². The van der Waals surface area contributed by atoms with Crippen LogP contribution in [0.3, 0.4) is 0 Å². The summed E-state index contributed by atoms with van der Waals surface area (Å²) in [5.74, 6) is -0.622. The Morgan fingerprint density at radius 2 is 1.91 bits per heavy atom. The van der Waals surface area contributed by atoms with Crippen LogP contribution in [0.1, 0.15) is 17.0 Å². The minimum Gasteiger partial charge on any atom is -0.468 e. The number of nitrogens with zero attached hydrogens (tertiary/aromatic N) is 2. The Kier molecular flexibility index (Phi) is 5.17. The largest absolute Gasteiger partial charge is 0.468 e. The number of sulfonamides is 1. The lowest BCUT2D eigenvalue weighted by molar-refractivity contribution is -0.140. The van der Waals surface area contributed by atoms with Gasteiger partial charge in [-0.1, -0.05) is 30.3 Å². The maximum Gasteiger partial charge on any atom is 0.321 e. The molecule has 0 unspecified atom stereocenters. The Morgan fingerprint density at radius 1 is 1.26 bits per heavy atom. The molecule has 8 heteroatoms. The molecule has 0 aliphatic heterocycles. The van der Waals surface area contributed by atoms with Crippen LogP contribution in [0, 0.1) is 13.8 Å². The highest BCUT2D eigenvalue weighted by Crippen LogP contribution is 2.23. The van der Waals surface area contributed by atoms with Crippen LogP contribution in [0.2, 0.25) is 0 Å². The Bertz CT molecular complexity index is 765. The molecule has 1 N–H and O–H groups in total. The number of methoxy groups -OCH3 is 1. The van der Waals surface area contributed by atoms with Gasteiger partial charge in [-0.3, -0.25) is 9.89 Å². The molecule has 124 valence electrons. The quantitative estimate of drug-likeness (QED) is 0.804. The highest BCUT2D eigenvalue weighted by atomic mass is 32.2. The van der Waals surface area contributed by atoms with Gasteiger partial charge in [0.2, 0.25) is 10.0 Å². The number of aromatic amines is 1. The fourth-order valence-electron chi connectivity index (χ4n) is 2.27. The van der Waals surface area contributed by atoms with Crippen LogP contribution in [-0.2, 0) is 26.1 Å². The average molecular weight is 337 g/mol. The maximum atomic E-state index is 12.9. The van der Waals surface area contributed by atoms with Crippen LogP contribution in [-0.4, -0.2) is 42.5 Å². The number of aromatic nitrogens is 2. The van der Waals surface area contributed by atoms with Crippen molar-refractivity contribution >= 4 is 16.0 Å². The monoisotopic (exact) mass is 337 g/mol. The van der Waals surface area contributed by atoms with E-state index in [0.29, 0.717) is 11.4 Å². The first-order valence-corrected chi connectivity index (χ1v) is 8.42. The number of carbonyl (C=O) groups excluding carboxylic acids is 1. The van der Waals surface area contributed by atoms with Crippen LogP contribution >= 0.6 is 0 Å². The molecule has 23 heavy (non-hydrogen) atoms. The second kappa shape index (κ2) is 6.93. The molecule has 0 saturated carbocycles. The smallest absolute Gasteiger partial charge is 0.321 e. The molecular formula is C15H19N3O4S. The van der Waals surface area contributed by atoms with Gasteiger partial charge in [-0.2, -0.15) is 9.40 Å². The molecule has 0 atom stereocenters. The number of esters is 1. The van der Waals surface area contributed by atoms with E-state index in [1.165, 1.54) is 7.11 Å². The van der Waals surface area contributed by atoms with Crippen LogP contribution in [0.15, 0.2) is 35.2 Å². The van der Waals surface area contributed by atoms with Crippen molar-refractivity contribution < 1.29 is 17.9 Å². The van der Waals surface area contributed by atoms with Gasteiger partial charge in [-0.05, 0) is 19.4 Å².